The Labute approximate surface area is 115 Å². The largest absolute Gasteiger partial charge is 0.396 e. The SMILES string of the molecule is CC(C(=O)NC1CCCCC1CO)c1ccccc1. The maximum atomic E-state index is 12.3. The second kappa shape index (κ2) is 6.71. The topological polar surface area (TPSA) is 49.3 Å². The van der Waals surface area contributed by atoms with Crippen molar-refractivity contribution in [1.82, 2.24) is 5.32 Å². The Kier molecular flexibility index (Phi) is 4.97. The van der Waals surface area contributed by atoms with Crippen LogP contribution < -0.4 is 5.32 Å². The van der Waals surface area contributed by atoms with Gasteiger partial charge in [0.15, 0.2) is 0 Å². The lowest BCUT2D eigenvalue weighted by atomic mass is 9.84. The van der Waals surface area contributed by atoms with Crippen molar-refractivity contribution in [2.24, 2.45) is 5.92 Å². The minimum absolute atomic E-state index is 0.0662. The first-order chi connectivity index (χ1) is 9.22. The van der Waals surface area contributed by atoms with Gasteiger partial charge in [0.05, 0.1) is 5.92 Å². The summed E-state index contributed by atoms with van der Waals surface area (Å²) in [5, 5.41) is 12.5. The highest BCUT2D eigenvalue weighted by Crippen LogP contribution is 2.25. The first-order valence-electron chi connectivity index (χ1n) is 7.18. The fourth-order valence-corrected chi connectivity index (χ4v) is 2.82. The molecule has 1 saturated carbocycles. The van der Waals surface area contributed by atoms with Crippen LogP contribution in [0.25, 0.3) is 0 Å². The van der Waals surface area contributed by atoms with E-state index in [0.717, 1.165) is 31.2 Å². The highest BCUT2D eigenvalue weighted by Gasteiger charge is 2.27. The normalized spacial score (nSPS) is 24.7. The fraction of sp³-hybridized carbons (Fsp3) is 0.562. The van der Waals surface area contributed by atoms with E-state index < -0.39 is 0 Å². The summed E-state index contributed by atoms with van der Waals surface area (Å²) in [6.45, 7) is 2.10. The lowest BCUT2D eigenvalue weighted by Gasteiger charge is -2.31. The van der Waals surface area contributed by atoms with Gasteiger partial charge in [-0.2, -0.15) is 0 Å². The van der Waals surface area contributed by atoms with Crippen molar-refractivity contribution in [2.45, 2.75) is 44.6 Å². The summed E-state index contributed by atoms with van der Waals surface area (Å²) in [5.74, 6) is 0.152. The quantitative estimate of drug-likeness (QED) is 0.874. The van der Waals surface area contributed by atoms with Gasteiger partial charge in [-0.25, -0.2) is 0 Å². The number of hydrogen-bond acceptors (Lipinski definition) is 2. The molecule has 3 unspecified atom stereocenters. The monoisotopic (exact) mass is 261 g/mol. The van der Waals surface area contributed by atoms with Gasteiger partial charge in [-0.1, -0.05) is 43.2 Å². The van der Waals surface area contributed by atoms with Crippen LogP contribution in [0.15, 0.2) is 30.3 Å². The molecule has 104 valence electrons. The van der Waals surface area contributed by atoms with Crippen LogP contribution in [-0.4, -0.2) is 23.7 Å². The van der Waals surface area contributed by atoms with E-state index in [4.69, 9.17) is 0 Å². The third-order valence-corrected chi connectivity index (χ3v) is 4.16. The zero-order chi connectivity index (χ0) is 13.7. The average molecular weight is 261 g/mol. The summed E-state index contributed by atoms with van der Waals surface area (Å²) in [6, 6.07) is 9.96. The van der Waals surface area contributed by atoms with E-state index in [1.54, 1.807) is 0 Å². The summed E-state index contributed by atoms with van der Waals surface area (Å²) in [5.41, 5.74) is 1.04. The second-order valence-corrected chi connectivity index (χ2v) is 5.47. The third kappa shape index (κ3) is 3.57. The molecule has 2 rings (SSSR count). The summed E-state index contributed by atoms with van der Waals surface area (Å²) in [6.07, 6.45) is 4.30. The molecule has 2 N–H and O–H groups in total. The molecule has 3 heteroatoms. The predicted molar refractivity (Wildman–Crippen MR) is 75.8 cm³/mol. The maximum Gasteiger partial charge on any atom is 0.227 e. The van der Waals surface area contributed by atoms with Crippen molar-refractivity contribution in [3.8, 4) is 0 Å². The van der Waals surface area contributed by atoms with Crippen LogP contribution in [0.2, 0.25) is 0 Å². The minimum Gasteiger partial charge on any atom is -0.396 e. The second-order valence-electron chi connectivity index (χ2n) is 5.47. The van der Waals surface area contributed by atoms with Gasteiger partial charge in [-0.05, 0) is 25.3 Å². The molecule has 1 aromatic carbocycles. The van der Waals surface area contributed by atoms with E-state index in [1.165, 1.54) is 0 Å². The van der Waals surface area contributed by atoms with Crippen molar-refractivity contribution < 1.29 is 9.90 Å². The summed E-state index contributed by atoms with van der Waals surface area (Å²) in [7, 11) is 0. The molecule has 1 aliphatic rings. The third-order valence-electron chi connectivity index (χ3n) is 4.16. The summed E-state index contributed by atoms with van der Waals surface area (Å²) < 4.78 is 0. The van der Waals surface area contributed by atoms with Crippen LogP contribution in [0.4, 0.5) is 0 Å². The van der Waals surface area contributed by atoms with E-state index in [2.05, 4.69) is 5.32 Å². The van der Waals surface area contributed by atoms with Crippen LogP contribution in [0.3, 0.4) is 0 Å². The van der Waals surface area contributed by atoms with Gasteiger partial charge in [-0.15, -0.1) is 0 Å². The lowest BCUT2D eigenvalue weighted by Crippen LogP contribution is -2.44. The zero-order valence-corrected chi connectivity index (χ0v) is 11.5. The molecule has 3 nitrogen and oxygen atoms in total. The number of amides is 1. The predicted octanol–water partition coefficient (Wildman–Crippen LogP) is 2.46. The Morgan fingerprint density at radius 3 is 2.68 bits per heavy atom. The van der Waals surface area contributed by atoms with Crippen LogP contribution >= 0.6 is 0 Å². The average Bonchev–Trinajstić information content (AvgIpc) is 2.48. The summed E-state index contributed by atoms with van der Waals surface area (Å²) in [4.78, 5) is 12.3. The molecule has 0 spiro atoms. The molecule has 1 amide bonds. The van der Waals surface area contributed by atoms with E-state index in [0.29, 0.717) is 0 Å². The molecule has 0 aliphatic heterocycles. The number of carbonyl (C=O) groups is 1. The fourth-order valence-electron chi connectivity index (χ4n) is 2.82. The Balaban J connectivity index is 1.96. The molecule has 0 aromatic heterocycles. The molecule has 1 fully saturated rings. The number of aliphatic hydroxyl groups excluding tert-OH is 1. The Bertz CT molecular complexity index is 404. The summed E-state index contributed by atoms with van der Waals surface area (Å²) >= 11 is 0. The van der Waals surface area contributed by atoms with E-state index in [-0.39, 0.29) is 30.4 Å². The van der Waals surface area contributed by atoms with Crippen molar-refractivity contribution in [3.05, 3.63) is 35.9 Å². The molecular formula is C16H23NO2. The van der Waals surface area contributed by atoms with Gasteiger partial charge in [0.25, 0.3) is 0 Å². The minimum atomic E-state index is -0.137. The maximum absolute atomic E-state index is 12.3. The van der Waals surface area contributed by atoms with E-state index in [9.17, 15) is 9.90 Å². The number of hydrogen-bond donors (Lipinski definition) is 2. The van der Waals surface area contributed by atoms with Crippen molar-refractivity contribution in [3.63, 3.8) is 0 Å². The molecule has 0 heterocycles. The van der Waals surface area contributed by atoms with Crippen molar-refractivity contribution >= 4 is 5.91 Å². The van der Waals surface area contributed by atoms with Gasteiger partial charge in [-0.3, -0.25) is 4.79 Å². The van der Waals surface area contributed by atoms with Crippen LogP contribution in [-0.2, 0) is 4.79 Å². The zero-order valence-electron chi connectivity index (χ0n) is 11.5. The number of benzene rings is 1. The molecule has 0 saturated heterocycles. The van der Waals surface area contributed by atoms with E-state index in [1.807, 2.05) is 37.3 Å². The van der Waals surface area contributed by atoms with Gasteiger partial charge >= 0.3 is 0 Å². The Hall–Kier alpha value is -1.35. The van der Waals surface area contributed by atoms with Gasteiger partial charge in [0.2, 0.25) is 5.91 Å². The first kappa shape index (κ1) is 14.1. The molecule has 1 aromatic rings. The molecule has 19 heavy (non-hydrogen) atoms. The highest BCUT2D eigenvalue weighted by atomic mass is 16.3. The molecule has 0 bridgehead atoms. The van der Waals surface area contributed by atoms with E-state index >= 15 is 0 Å². The van der Waals surface area contributed by atoms with Gasteiger partial charge < -0.3 is 10.4 Å². The van der Waals surface area contributed by atoms with Crippen molar-refractivity contribution in [2.75, 3.05) is 6.61 Å². The lowest BCUT2D eigenvalue weighted by molar-refractivity contribution is -0.123. The molecule has 1 aliphatic carbocycles. The number of rotatable bonds is 4. The molecule has 0 radical (unpaired) electrons. The Morgan fingerprint density at radius 1 is 1.32 bits per heavy atom. The number of carbonyl (C=O) groups excluding carboxylic acids is 1. The van der Waals surface area contributed by atoms with Crippen LogP contribution in [0.1, 0.15) is 44.1 Å². The smallest absolute Gasteiger partial charge is 0.227 e. The van der Waals surface area contributed by atoms with Crippen LogP contribution in [0, 0.1) is 5.92 Å². The van der Waals surface area contributed by atoms with Crippen molar-refractivity contribution in [1.29, 1.82) is 0 Å². The standard InChI is InChI=1S/C16H23NO2/c1-12(13-7-3-2-4-8-13)16(19)17-15-10-6-5-9-14(15)11-18/h2-4,7-8,12,14-15,18H,5-6,9-11H2,1H3,(H,17,19). The number of nitrogens with one attached hydrogen (secondary N) is 1. The van der Waals surface area contributed by atoms with Crippen LogP contribution in [0.5, 0.6) is 0 Å². The molecule has 3 atom stereocenters. The van der Waals surface area contributed by atoms with Gasteiger partial charge in [0, 0.05) is 18.6 Å². The molecular weight excluding hydrogens is 238 g/mol. The first-order valence-corrected chi connectivity index (χ1v) is 7.18. The number of aliphatic hydroxyl groups is 1. The Morgan fingerprint density at radius 2 is 2.00 bits per heavy atom. The van der Waals surface area contributed by atoms with Gasteiger partial charge in [0.1, 0.15) is 0 Å². The highest BCUT2D eigenvalue weighted by molar-refractivity contribution is 5.83.